The Labute approximate surface area is 91.9 Å². The lowest BCUT2D eigenvalue weighted by atomic mass is 10.2. The van der Waals surface area contributed by atoms with Crippen LogP contribution in [0.2, 0.25) is 0 Å². The summed E-state index contributed by atoms with van der Waals surface area (Å²) in [6, 6.07) is 6.31. The van der Waals surface area contributed by atoms with Crippen molar-refractivity contribution in [3.05, 3.63) is 29.8 Å². The van der Waals surface area contributed by atoms with Gasteiger partial charge in [-0.15, -0.1) is 0 Å². The van der Waals surface area contributed by atoms with Crippen molar-refractivity contribution in [3.8, 4) is 5.75 Å². The van der Waals surface area contributed by atoms with Gasteiger partial charge in [0.25, 0.3) is 0 Å². The van der Waals surface area contributed by atoms with Crippen molar-refractivity contribution in [1.82, 2.24) is 0 Å². The Kier molecular flexibility index (Phi) is 4.39. The molecule has 1 unspecified atom stereocenters. The molecule has 0 aliphatic carbocycles. The molecule has 0 aliphatic rings. The first-order valence-corrected chi connectivity index (χ1v) is 7.47. The van der Waals surface area contributed by atoms with Crippen LogP contribution < -0.4 is 4.52 Å². The molecule has 1 N–H and O–H groups in total. The molecule has 1 atom stereocenters. The normalized spacial score (nSPS) is 14.3. The SMILES string of the molecule is CCSP(=O)(O)Oc1ccccc1C=O. The standard InChI is InChI=1S/C9H11O4PS/c1-2-15-14(11,12)13-9-6-4-3-5-8(9)7-10/h3-7H,2H2,1H3,(H,11,12). The summed E-state index contributed by atoms with van der Waals surface area (Å²) in [6.45, 7) is -1.94. The number of rotatable bonds is 5. The van der Waals surface area contributed by atoms with Crippen molar-refractivity contribution in [1.29, 1.82) is 0 Å². The quantitative estimate of drug-likeness (QED) is 0.639. The molecule has 0 bridgehead atoms. The second-order valence-corrected chi connectivity index (χ2v) is 6.75. The van der Waals surface area contributed by atoms with E-state index in [-0.39, 0.29) is 11.3 Å². The van der Waals surface area contributed by atoms with Gasteiger partial charge in [0, 0.05) is 5.75 Å². The number of hydrogen-bond donors (Lipinski definition) is 1. The van der Waals surface area contributed by atoms with Crippen LogP contribution in [0.15, 0.2) is 24.3 Å². The fraction of sp³-hybridized carbons (Fsp3) is 0.222. The number of para-hydroxylation sites is 1. The van der Waals surface area contributed by atoms with Crippen molar-refractivity contribution in [2.24, 2.45) is 0 Å². The number of carbonyl (C=O) groups excluding carboxylic acids is 1. The maximum Gasteiger partial charge on any atom is 0.437 e. The van der Waals surface area contributed by atoms with Crippen LogP contribution in [0.4, 0.5) is 0 Å². The molecule has 0 saturated heterocycles. The van der Waals surface area contributed by atoms with Crippen molar-refractivity contribution >= 4 is 24.5 Å². The Morgan fingerprint density at radius 2 is 2.20 bits per heavy atom. The van der Waals surface area contributed by atoms with E-state index in [1.807, 2.05) is 0 Å². The van der Waals surface area contributed by atoms with Crippen LogP contribution in [0.3, 0.4) is 0 Å². The summed E-state index contributed by atoms with van der Waals surface area (Å²) >= 11 is 0.821. The summed E-state index contributed by atoms with van der Waals surface area (Å²) in [7, 11) is 0. The molecule has 1 aromatic carbocycles. The van der Waals surface area contributed by atoms with E-state index in [1.165, 1.54) is 12.1 Å². The van der Waals surface area contributed by atoms with Crippen molar-refractivity contribution in [3.63, 3.8) is 0 Å². The van der Waals surface area contributed by atoms with E-state index >= 15 is 0 Å². The molecule has 0 spiro atoms. The van der Waals surface area contributed by atoms with E-state index in [4.69, 9.17) is 4.52 Å². The van der Waals surface area contributed by atoms with Crippen molar-refractivity contribution in [2.45, 2.75) is 6.92 Å². The third kappa shape index (κ3) is 3.70. The molecular formula is C9H11O4PS. The third-order valence-electron chi connectivity index (χ3n) is 1.55. The van der Waals surface area contributed by atoms with E-state index in [0.717, 1.165) is 11.4 Å². The first kappa shape index (κ1) is 12.3. The van der Waals surface area contributed by atoms with Gasteiger partial charge in [0.2, 0.25) is 0 Å². The second kappa shape index (κ2) is 5.35. The molecule has 0 fully saturated rings. The lowest BCUT2D eigenvalue weighted by molar-refractivity contribution is 0.112. The average Bonchev–Trinajstić information content (AvgIpc) is 2.17. The van der Waals surface area contributed by atoms with E-state index in [9.17, 15) is 14.3 Å². The Hall–Kier alpha value is -0.770. The number of benzene rings is 1. The molecule has 0 amide bonds. The molecule has 0 radical (unpaired) electrons. The maximum atomic E-state index is 11.4. The van der Waals surface area contributed by atoms with Crippen LogP contribution in [0.5, 0.6) is 5.75 Å². The predicted molar refractivity (Wildman–Crippen MR) is 60.4 cm³/mol. The molecule has 0 aromatic heterocycles. The lowest BCUT2D eigenvalue weighted by Gasteiger charge is -2.12. The molecule has 6 heteroatoms. The zero-order chi connectivity index (χ0) is 11.3. The molecule has 4 nitrogen and oxygen atoms in total. The highest BCUT2D eigenvalue weighted by Crippen LogP contribution is 2.55. The number of hydrogen-bond acceptors (Lipinski definition) is 4. The summed E-state index contributed by atoms with van der Waals surface area (Å²) in [4.78, 5) is 20.0. The molecule has 1 aromatic rings. The monoisotopic (exact) mass is 246 g/mol. The smallest absolute Gasteiger partial charge is 0.416 e. The van der Waals surface area contributed by atoms with Crippen molar-refractivity contribution < 1.29 is 18.8 Å². The minimum absolute atomic E-state index is 0.138. The molecule has 0 heterocycles. The lowest BCUT2D eigenvalue weighted by Crippen LogP contribution is -1.93. The minimum Gasteiger partial charge on any atom is -0.416 e. The summed E-state index contributed by atoms with van der Waals surface area (Å²) < 4.78 is 16.3. The number of carbonyl (C=O) groups is 1. The zero-order valence-corrected chi connectivity index (χ0v) is 9.83. The van der Waals surface area contributed by atoms with Gasteiger partial charge in [-0.2, -0.15) is 0 Å². The van der Waals surface area contributed by atoms with E-state index in [1.54, 1.807) is 19.1 Å². The van der Waals surface area contributed by atoms with Crippen LogP contribution >= 0.6 is 18.2 Å². The highest BCUT2D eigenvalue weighted by atomic mass is 32.7. The molecule has 1 rings (SSSR count). The molecule has 0 aliphatic heterocycles. The second-order valence-electron chi connectivity index (χ2n) is 2.63. The van der Waals surface area contributed by atoms with Gasteiger partial charge < -0.3 is 9.42 Å². The maximum absolute atomic E-state index is 11.4. The van der Waals surface area contributed by atoms with E-state index in [2.05, 4.69) is 0 Å². The van der Waals surface area contributed by atoms with Gasteiger partial charge in [-0.1, -0.05) is 19.1 Å². The van der Waals surface area contributed by atoms with Gasteiger partial charge in [-0.3, -0.25) is 4.79 Å². The minimum atomic E-state index is -3.70. The third-order valence-corrected chi connectivity index (χ3v) is 4.54. The van der Waals surface area contributed by atoms with Crippen LogP contribution in [0.25, 0.3) is 0 Å². The first-order chi connectivity index (χ1) is 7.09. The Bertz CT molecular complexity index is 393. The predicted octanol–water partition coefficient (Wildman–Crippen LogP) is 2.73. The topological polar surface area (TPSA) is 63.6 Å². The summed E-state index contributed by atoms with van der Waals surface area (Å²) in [5.74, 6) is 0.608. The van der Waals surface area contributed by atoms with E-state index < -0.39 is 6.80 Å². The Balaban J connectivity index is 2.89. The molecule has 15 heavy (non-hydrogen) atoms. The molecular weight excluding hydrogens is 235 g/mol. The summed E-state index contributed by atoms with van der Waals surface area (Å²) in [5, 5.41) is 0. The fourth-order valence-electron chi connectivity index (χ4n) is 0.975. The van der Waals surface area contributed by atoms with Crippen LogP contribution in [0.1, 0.15) is 17.3 Å². The molecule has 0 saturated carbocycles. The van der Waals surface area contributed by atoms with Gasteiger partial charge in [-0.05, 0) is 23.5 Å². The van der Waals surface area contributed by atoms with Gasteiger partial charge >= 0.3 is 6.80 Å². The van der Waals surface area contributed by atoms with Crippen LogP contribution in [-0.4, -0.2) is 16.9 Å². The zero-order valence-electron chi connectivity index (χ0n) is 8.12. The first-order valence-electron chi connectivity index (χ1n) is 4.30. The highest BCUT2D eigenvalue weighted by molar-refractivity contribution is 8.54. The van der Waals surface area contributed by atoms with Crippen LogP contribution in [-0.2, 0) is 4.57 Å². The van der Waals surface area contributed by atoms with E-state index in [0.29, 0.717) is 12.0 Å². The average molecular weight is 246 g/mol. The Morgan fingerprint density at radius 3 is 2.80 bits per heavy atom. The fourth-order valence-corrected chi connectivity index (χ4v) is 3.15. The summed E-state index contributed by atoms with van der Waals surface area (Å²) in [5.41, 5.74) is 0.267. The van der Waals surface area contributed by atoms with Crippen molar-refractivity contribution in [2.75, 3.05) is 5.75 Å². The summed E-state index contributed by atoms with van der Waals surface area (Å²) in [6.07, 6.45) is 0.589. The van der Waals surface area contributed by atoms with Gasteiger partial charge in [-0.25, -0.2) is 4.57 Å². The van der Waals surface area contributed by atoms with Gasteiger partial charge in [0.05, 0.1) is 5.56 Å². The largest absolute Gasteiger partial charge is 0.437 e. The van der Waals surface area contributed by atoms with Gasteiger partial charge in [0.1, 0.15) is 5.75 Å². The molecule has 82 valence electrons. The van der Waals surface area contributed by atoms with Gasteiger partial charge in [0.15, 0.2) is 6.29 Å². The Morgan fingerprint density at radius 1 is 1.53 bits per heavy atom. The highest BCUT2D eigenvalue weighted by Gasteiger charge is 2.21. The van der Waals surface area contributed by atoms with Crippen LogP contribution in [0, 0.1) is 0 Å². The number of aldehydes is 1.